The fraction of sp³-hybridized carbons (Fsp3) is 0.533. The van der Waals surface area contributed by atoms with Gasteiger partial charge in [-0.3, -0.25) is 4.79 Å². The average molecular weight is 327 g/mol. The summed E-state index contributed by atoms with van der Waals surface area (Å²) in [6.45, 7) is 6.01. The fourth-order valence-electron chi connectivity index (χ4n) is 1.68. The van der Waals surface area contributed by atoms with Crippen LogP contribution in [0.2, 0.25) is 0 Å². The van der Waals surface area contributed by atoms with Crippen molar-refractivity contribution in [2.75, 3.05) is 14.1 Å². The second-order valence-electron chi connectivity index (χ2n) is 6.49. The zero-order chi connectivity index (χ0) is 17.1. The molecular weight excluding hydrogens is 302 g/mol. The van der Waals surface area contributed by atoms with Gasteiger partial charge in [-0.25, -0.2) is 12.7 Å². The van der Waals surface area contributed by atoms with E-state index in [0.29, 0.717) is 6.54 Å². The molecule has 0 saturated carbocycles. The second kappa shape index (κ2) is 6.76. The van der Waals surface area contributed by atoms with Crippen molar-refractivity contribution in [2.45, 2.75) is 38.3 Å². The van der Waals surface area contributed by atoms with E-state index in [1.54, 1.807) is 12.1 Å². The van der Waals surface area contributed by atoms with Crippen LogP contribution in [0, 0.1) is 5.41 Å². The normalized spacial score (nSPS) is 14.0. The van der Waals surface area contributed by atoms with Crippen LogP contribution < -0.4 is 11.1 Å². The first-order chi connectivity index (χ1) is 9.96. The molecule has 0 radical (unpaired) electrons. The lowest BCUT2D eigenvalue weighted by molar-refractivity contribution is -0.124. The Morgan fingerprint density at radius 3 is 2.14 bits per heavy atom. The standard InChI is InChI=1S/C15H25N3O3S/c1-15(2,3)13(16)14(19)17-10-11-6-8-12(9-7-11)22(20,21)18(4)5/h6-9,13H,10,16H2,1-5H3,(H,17,19)/t13-/m1/s1. The Hall–Kier alpha value is -1.44. The monoisotopic (exact) mass is 327 g/mol. The lowest BCUT2D eigenvalue weighted by atomic mass is 9.87. The van der Waals surface area contributed by atoms with E-state index in [1.807, 2.05) is 20.8 Å². The molecule has 1 aromatic rings. The van der Waals surface area contributed by atoms with Crippen LogP contribution in [0.15, 0.2) is 29.2 Å². The molecule has 22 heavy (non-hydrogen) atoms. The molecule has 0 heterocycles. The van der Waals surface area contributed by atoms with Crippen LogP contribution >= 0.6 is 0 Å². The van der Waals surface area contributed by atoms with Gasteiger partial charge in [0, 0.05) is 20.6 Å². The van der Waals surface area contributed by atoms with Gasteiger partial charge in [-0.15, -0.1) is 0 Å². The first kappa shape index (κ1) is 18.6. The summed E-state index contributed by atoms with van der Waals surface area (Å²) in [7, 11) is -0.465. The average Bonchev–Trinajstić information content (AvgIpc) is 2.43. The predicted molar refractivity (Wildman–Crippen MR) is 86.6 cm³/mol. The third-order valence-corrected chi connectivity index (χ3v) is 5.21. The Morgan fingerprint density at radius 1 is 1.23 bits per heavy atom. The number of carbonyl (C=O) groups excluding carboxylic acids is 1. The lowest BCUT2D eigenvalue weighted by Crippen LogP contribution is -2.48. The Balaban J connectivity index is 2.72. The van der Waals surface area contributed by atoms with Gasteiger partial charge in [-0.1, -0.05) is 32.9 Å². The summed E-state index contributed by atoms with van der Waals surface area (Å²) in [4.78, 5) is 12.2. The minimum atomic E-state index is -3.43. The van der Waals surface area contributed by atoms with Crippen molar-refractivity contribution in [1.29, 1.82) is 0 Å². The number of nitrogens with zero attached hydrogens (tertiary/aromatic N) is 1. The van der Waals surface area contributed by atoms with Gasteiger partial charge in [-0.2, -0.15) is 0 Å². The maximum Gasteiger partial charge on any atom is 0.242 e. The molecule has 1 aromatic carbocycles. The van der Waals surface area contributed by atoms with E-state index < -0.39 is 16.1 Å². The molecule has 0 spiro atoms. The number of amides is 1. The molecule has 7 heteroatoms. The summed E-state index contributed by atoms with van der Waals surface area (Å²) in [5.41, 5.74) is 6.38. The number of nitrogens with two attached hydrogens (primary N) is 1. The molecule has 1 rings (SSSR count). The van der Waals surface area contributed by atoms with Gasteiger partial charge < -0.3 is 11.1 Å². The van der Waals surface area contributed by atoms with E-state index in [-0.39, 0.29) is 16.2 Å². The summed E-state index contributed by atoms with van der Waals surface area (Å²) in [5, 5.41) is 2.76. The zero-order valence-corrected chi connectivity index (χ0v) is 14.6. The number of benzene rings is 1. The highest BCUT2D eigenvalue weighted by Crippen LogP contribution is 2.17. The Morgan fingerprint density at radius 2 is 1.73 bits per heavy atom. The molecular formula is C15H25N3O3S. The van der Waals surface area contributed by atoms with Crippen molar-refractivity contribution >= 4 is 15.9 Å². The quantitative estimate of drug-likeness (QED) is 0.841. The zero-order valence-electron chi connectivity index (χ0n) is 13.8. The van der Waals surface area contributed by atoms with Crippen molar-refractivity contribution in [1.82, 2.24) is 9.62 Å². The minimum absolute atomic E-state index is 0.221. The summed E-state index contributed by atoms with van der Waals surface area (Å²) in [5.74, 6) is -0.225. The summed E-state index contributed by atoms with van der Waals surface area (Å²) < 4.78 is 25.1. The van der Waals surface area contributed by atoms with Gasteiger partial charge in [0.2, 0.25) is 15.9 Å². The molecule has 124 valence electrons. The molecule has 0 unspecified atom stereocenters. The first-order valence-electron chi connectivity index (χ1n) is 7.01. The minimum Gasteiger partial charge on any atom is -0.351 e. The molecule has 0 fully saturated rings. The maximum absolute atomic E-state index is 11.9. The molecule has 0 aromatic heterocycles. The topological polar surface area (TPSA) is 92.5 Å². The molecule has 1 atom stereocenters. The van der Waals surface area contributed by atoms with Gasteiger partial charge in [0.1, 0.15) is 0 Å². The Kier molecular flexibility index (Phi) is 5.72. The number of sulfonamides is 1. The fourth-order valence-corrected chi connectivity index (χ4v) is 2.58. The van der Waals surface area contributed by atoms with Crippen molar-refractivity contribution in [3.63, 3.8) is 0 Å². The highest BCUT2D eigenvalue weighted by molar-refractivity contribution is 7.89. The van der Waals surface area contributed by atoms with E-state index in [9.17, 15) is 13.2 Å². The van der Waals surface area contributed by atoms with Crippen molar-refractivity contribution in [3.05, 3.63) is 29.8 Å². The van der Waals surface area contributed by atoms with E-state index in [1.165, 1.54) is 26.2 Å². The lowest BCUT2D eigenvalue weighted by Gasteiger charge is -2.25. The molecule has 0 aliphatic carbocycles. The smallest absolute Gasteiger partial charge is 0.242 e. The van der Waals surface area contributed by atoms with E-state index >= 15 is 0 Å². The van der Waals surface area contributed by atoms with Crippen LogP contribution in [0.4, 0.5) is 0 Å². The molecule has 6 nitrogen and oxygen atoms in total. The molecule has 3 N–H and O–H groups in total. The van der Waals surface area contributed by atoms with E-state index in [2.05, 4.69) is 5.32 Å². The van der Waals surface area contributed by atoms with Crippen molar-refractivity contribution < 1.29 is 13.2 Å². The van der Waals surface area contributed by atoms with Gasteiger partial charge in [0.05, 0.1) is 10.9 Å². The number of carbonyl (C=O) groups is 1. The van der Waals surface area contributed by atoms with Crippen molar-refractivity contribution in [2.24, 2.45) is 11.1 Å². The molecule has 1 amide bonds. The van der Waals surface area contributed by atoms with Gasteiger partial charge in [0.25, 0.3) is 0 Å². The van der Waals surface area contributed by atoms with Gasteiger partial charge in [0.15, 0.2) is 0 Å². The predicted octanol–water partition coefficient (Wildman–Crippen LogP) is 0.927. The van der Waals surface area contributed by atoms with Crippen LogP contribution in [-0.2, 0) is 21.4 Å². The highest BCUT2D eigenvalue weighted by Gasteiger charge is 2.27. The van der Waals surface area contributed by atoms with Crippen LogP contribution in [0.25, 0.3) is 0 Å². The number of rotatable bonds is 5. The van der Waals surface area contributed by atoms with E-state index in [4.69, 9.17) is 5.73 Å². The van der Waals surface area contributed by atoms with Crippen LogP contribution in [-0.4, -0.2) is 38.8 Å². The third kappa shape index (κ3) is 4.53. The summed E-state index contributed by atoms with van der Waals surface area (Å²) >= 11 is 0. The SMILES string of the molecule is CN(C)S(=O)(=O)c1ccc(CNC(=O)[C@@H](N)C(C)(C)C)cc1. The van der Waals surface area contributed by atoms with Crippen LogP contribution in [0.3, 0.4) is 0 Å². The highest BCUT2D eigenvalue weighted by atomic mass is 32.2. The number of hydrogen-bond donors (Lipinski definition) is 2. The third-order valence-electron chi connectivity index (χ3n) is 3.38. The van der Waals surface area contributed by atoms with Crippen molar-refractivity contribution in [3.8, 4) is 0 Å². The van der Waals surface area contributed by atoms with Gasteiger partial charge in [-0.05, 0) is 23.1 Å². The van der Waals surface area contributed by atoms with Crippen LogP contribution in [0.1, 0.15) is 26.3 Å². The second-order valence-corrected chi connectivity index (χ2v) is 8.64. The molecule has 0 aliphatic heterocycles. The summed E-state index contributed by atoms with van der Waals surface area (Å²) in [6, 6.07) is 5.82. The van der Waals surface area contributed by atoms with Crippen LogP contribution in [0.5, 0.6) is 0 Å². The molecule has 0 saturated heterocycles. The Labute approximate surface area is 132 Å². The largest absolute Gasteiger partial charge is 0.351 e. The molecule has 0 bridgehead atoms. The summed E-state index contributed by atoms with van der Waals surface area (Å²) in [6.07, 6.45) is 0. The number of nitrogens with one attached hydrogen (secondary N) is 1. The van der Waals surface area contributed by atoms with Gasteiger partial charge >= 0.3 is 0 Å². The maximum atomic E-state index is 11.9. The van der Waals surface area contributed by atoms with E-state index in [0.717, 1.165) is 9.87 Å². The first-order valence-corrected chi connectivity index (χ1v) is 8.45. The number of hydrogen-bond acceptors (Lipinski definition) is 4. The Bertz CT molecular complexity index is 616. The molecule has 0 aliphatic rings.